The molecule has 0 amide bonds. The maximum absolute atomic E-state index is 13.5. The van der Waals surface area contributed by atoms with Gasteiger partial charge in [-0.1, -0.05) is 18.2 Å². The van der Waals surface area contributed by atoms with Crippen LogP contribution in [0.5, 0.6) is 5.75 Å². The number of alkyl halides is 1. The van der Waals surface area contributed by atoms with Gasteiger partial charge in [-0.2, -0.15) is 0 Å². The van der Waals surface area contributed by atoms with E-state index in [4.69, 9.17) is 16.3 Å². The van der Waals surface area contributed by atoms with E-state index in [2.05, 4.69) is 0 Å². The Morgan fingerprint density at radius 2 is 1.50 bits per heavy atom. The molecule has 0 bridgehead atoms. The number of aryl methyl sites for hydroxylation is 3. The first kappa shape index (κ1) is 14.9. The fourth-order valence-corrected chi connectivity index (χ4v) is 2.81. The van der Waals surface area contributed by atoms with E-state index in [1.54, 1.807) is 7.11 Å². The van der Waals surface area contributed by atoms with E-state index in [0.717, 1.165) is 33.6 Å². The Hall–Kier alpha value is -1.54. The molecule has 0 heterocycles. The number of rotatable bonds is 3. The molecule has 0 aliphatic carbocycles. The maximum Gasteiger partial charge on any atom is 0.124 e. The van der Waals surface area contributed by atoms with Crippen LogP contribution >= 0.6 is 11.6 Å². The molecule has 2 aromatic rings. The van der Waals surface area contributed by atoms with Crippen LogP contribution in [-0.2, 0) is 0 Å². The third-order valence-electron chi connectivity index (χ3n) is 3.34. The highest BCUT2D eigenvalue weighted by Crippen LogP contribution is 2.34. The summed E-state index contributed by atoms with van der Waals surface area (Å²) in [6, 6.07) is 8.88. The molecule has 0 radical (unpaired) electrons. The molecule has 1 nitrogen and oxygen atoms in total. The Bertz CT molecular complexity index is 594. The second-order valence-electron chi connectivity index (χ2n) is 5.11. The summed E-state index contributed by atoms with van der Waals surface area (Å²) < 4.78 is 18.9. The van der Waals surface area contributed by atoms with Gasteiger partial charge < -0.3 is 4.74 Å². The van der Waals surface area contributed by atoms with E-state index < -0.39 is 0 Å². The van der Waals surface area contributed by atoms with Crippen molar-refractivity contribution in [2.24, 2.45) is 0 Å². The summed E-state index contributed by atoms with van der Waals surface area (Å²) >= 11 is 6.51. The molecular formula is C17H18ClFO. The van der Waals surface area contributed by atoms with Crippen LogP contribution in [0, 0.1) is 26.6 Å². The van der Waals surface area contributed by atoms with Gasteiger partial charge in [0.2, 0.25) is 0 Å². The van der Waals surface area contributed by atoms with Crippen molar-refractivity contribution in [3.8, 4) is 5.75 Å². The highest BCUT2D eigenvalue weighted by Gasteiger charge is 2.15. The standard InChI is InChI=1S/C17H18ClFO/c1-10-5-13(9-15(19)6-10)16(18)14-7-11(2)17(20-4)12(3)8-14/h5-9,16H,1-4H3. The second-order valence-corrected chi connectivity index (χ2v) is 5.55. The lowest BCUT2D eigenvalue weighted by molar-refractivity contribution is 0.408. The number of hydrogen-bond acceptors (Lipinski definition) is 1. The Morgan fingerprint density at radius 3 is 2.00 bits per heavy atom. The van der Waals surface area contributed by atoms with Gasteiger partial charge in [0.1, 0.15) is 11.6 Å². The molecule has 2 rings (SSSR count). The van der Waals surface area contributed by atoms with Crippen molar-refractivity contribution < 1.29 is 9.13 Å². The monoisotopic (exact) mass is 292 g/mol. The molecule has 0 spiro atoms. The number of methoxy groups -OCH3 is 1. The average Bonchev–Trinajstić information content (AvgIpc) is 2.36. The summed E-state index contributed by atoms with van der Waals surface area (Å²) in [5, 5.41) is -0.368. The molecule has 3 heteroatoms. The van der Waals surface area contributed by atoms with Gasteiger partial charge in [-0.3, -0.25) is 0 Å². The quantitative estimate of drug-likeness (QED) is 0.716. The van der Waals surface area contributed by atoms with E-state index in [-0.39, 0.29) is 11.2 Å². The summed E-state index contributed by atoms with van der Waals surface area (Å²) in [6.45, 7) is 5.83. The van der Waals surface area contributed by atoms with Crippen LogP contribution in [0.1, 0.15) is 33.2 Å². The van der Waals surface area contributed by atoms with Gasteiger partial charge >= 0.3 is 0 Å². The lowest BCUT2D eigenvalue weighted by Gasteiger charge is -2.16. The highest BCUT2D eigenvalue weighted by molar-refractivity contribution is 6.22. The van der Waals surface area contributed by atoms with Gasteiger partial charge in [-0.15, -0.1) is 11.6 Å². The molecule has 0 aliphatic heterocycles. The third-order valence-corrected chi connectivity index (χ3v) is 3.84. The maximum atomic E-state index is 13.5. The molecule has 0 aliphatic rings. The Kier molecular flexibility index (Phi) is 4.34. The van der Waals surface area contributed by atoms with E-state index in [9.17, 15) is 4.39 Å². The number of halogens is 2. The van der Waals surface area contributed by atoms with Gasteiger partial charge in [-0.25, -0.2) is 4.39 Å². The van der Waals surface area contributed by atoms with Crippen LogP contribution in [0.3, 0.4) is 0 Å². The number of hydrogen-bond donors (Lipinski definition) is 0. The fraction of sp³-hybridized carbons (Fsp3) is 0.294. The molecule has 2 aromatic carbocycles. The predicted molar refractivity (Wildman–Crippen MR) is 81.3 cm³/mol. The highest BCUT2D eigenvalue weighted by atomic mass is 35.5. The van der Waals surface area contributed by atoms with Crippen LogP contribution in [-0.4, -0.2) is 7.11 Å². The van der Waals surface area contributed by atoms with Crippen molar-refractivity contribution >= 4 is 11.6 Å². The number of ether oxygens (including phenoxy) is 1. The van der Waals surface area contributed by atoms with Crippen LogP contribution < -0.4 is 4.74 Å². The molecule has 20 heavy (non-hydrogen) atoms. The summed E-state index contributed by atoms with van der Waals surface area (Å²) in [5.74, 6) is 0.612. The van der Waals surface area contributed by atoms with E-state index in [0.29, 0.717) is 0 Å². The topological polar surface area (TPSA) is 9.23 Å². The molecule has 0 saturated carbocycles. The van der Waals surface area contributed by atoms with Crippen LogP contribution in [0.25, 0.3) is 0 Å². The zero-order chi connectivity index (χ0) is 14.9. The molecule has 0 fully saturated rings. The largest absolute Gasteiger partial charge is 0.496 e. The first-order valence-corrected chi connectivity index (χ1v) is 6.92. The SMILES string of the molecule is COc1c(C)cc(C(Cl)c2cc(C)cc(F)c2)cc1C. The number of benzene rings is 2. The molecule has 1 unspecified atom stereocenters. The molecular weight excluding hydrogens is 275 g/mol. The van der Waals surface area contributed by atoms with Crippen molar-refractivity contribution in [1.29, 1.82) is 0 Å². The fourth-order valence-electron chi connectivity index (χ4n) is 2.56. The van der Waals surface area contributed by atoms with Crippen molar-refractivity contribution in [2.75, 3.05) is 7.11 Å². The Morgan fingerprint density at radius 1 is 0.950 bits per heavy atom. The summed E-state index contributed by atoms with van der Waals surface area (Å²) in [7, 11) is 1.66. The van der Waals surface area contributed by atoms with Crippen molar-refractivity contribution in [2.45, 2.75) is 26.1 Å². The van der Waals surface area contributed by atoms with Gasteiger partial charge in [0, 0.05) is 0 Å². The second kappa shape index (κ2) is 5.84. The Labute approximate surface area is 124 Å². The summed E-state index contributed by atoms with van der Waals surface area (Å²) in [4.78, 5) is 0. The lowest BCUT2D eigenvalue weighted by atomic mass is 9.98. The lowest BCUT2D eigenvalue weighted by Crippen LogP contribution is -1.99. The van der Waals surface area contributed by atoms with Crippen LogP contribution in [0.15, 0.2) is 30.3 Å². The van der Waals surface area contributed by atoms with Crippen molar-refractivity contribution in [1.82, 2.24) is 0 Å². The van der Waals surface area contributed by atoms with Gasteiger partial charge in [0.25, 0.3) is 0 Å². The van der Waals surface area contributed by atoms with Crippen molar-refractivity contribution in [3.63, 3.8) is 0 Å². The molecule has 0 saturated heterocycles. The third kappa shape index (κ3) is 2.96. The van der Waals surface area contributed by atoms with Gasteiger partial charge in [0.15, 0.2) is 0 Å². The normalized spacial score (nSPS) is 12.3. The van der Waals surface area contributed by atoms with E-state index >= 15 is 0 Å². The molecule has 106 valence electrons. The van der Waals surface area contributed by atoms with Gasteiger partial charge in [0.05, 0.1) is 12.5 Å². The van der Waals surface area contributed by atoms with E-state index in [1.807, 2.05) is 39.0 Å². The molecule has 1 atom stereocenters. The summed E-state index contributed by atoms with van der Waals surface area (Å²) in [5.41, 5.74) is 4.65. The first-order valence-electron chi connectivity index (χ1n) is 6.48. The zero-order valence-corrected chi connectivity index (χ0v) is 12.9. The molecule has 0 N–H and O–H groups in total. The first-order chi connectivity index (χ1) is 9.42. The Balaban J connectivity index is 2.45. The van der Waals surface area contributed by atoms with Crippen molar-refractivity contribution in [3.05, 3.63) is 64.0 Å². The summed E-state index contributed by atoms with van der Waals surface area (Å²) in [6.07, 6.45) is 0. The van der Waals surface area contributed by atoms with Crippen LogP contribution in [0.4, 0.5) is 4.39 Å². The smallest absolute Gasteiger partial charge is 0.124 e. The minimum absolute atomic E-state index is 0.257. The zero-order valence-electron chi connectivity index (χ0n) is 12.1. The average molecular weight is 293 g/mol. The van der Waals surface area contributed by atoms with Crippen LogP contribution in [0.2, 0.25) is 0 Å². The van der Waals surface area contributed by atoms with Gasteiger partial charge in [-0.05, 0) is 60.7 Å². The minimum atomic E-state index is -0.368. The van der Waals surface area contributed by atoms with E-state index in [1.165, 1.54) is 12.1 Å². The predicted octanol–water partition coefficient (Wildman–Crippen LogP) is 5.09. The molecule has 0 aromatic heterocycles. The minimum Gasteiger partial charge on any atom is -0.496 e.